The lowest BCUT2D eigenvalue weighted by Gasteiger charge is -2.04. The van der Waals surface area contributed by atoms with Gasteiger partial charge >= 0.3 is 0 Å². The van der Waals surface area contributed by atoms with Gasteiger partial charge in [-0.15, -0.1) is 0 Å². The lowest BCUT2D eigenvalue weighted by molar-refractivity contribution is 0.0919. The van der Waals surface area contributed by atoms with Gasteiger partial charge in [0, 0.05) is 24.8 Å². The Morgan fingerprint density at radius 1 is 1.28 bits per heavy atom. The number of halogens is 1. The topological polar surface area (TPSA) is 69.3 Å². The van der Waals surface area contributed by atoms with Gasteiger partial charge < -0.3 is 14.5 Å². The van der Waals surface area contributed by atoms with Crippen molar-refractivity contribution in [1.82, 2.24) is 15.1 Å². The summed E-state index contributed by atoms with van der Waals surface area (Å²) in [5, 5.41) is 6.93. The molecule has 0 atom stereocenters. The Kier molecular flexibility index (Phi) is 4.83. The number of amides is 1. The van der Waals surface area contributed by atoms with Gasteiger partial charge in [0.05, 0.1) is 6.20 Å². The zero-order chi connectivity index (χ0) is 17.8. The van der Waals surface area contributed by atoms with Crippen molar-refractivity contribution in [3.05, 3.63) is 71.2 Å². The first kappa shape index (κ1) is 16.8. The molecule has 2 aromatic heterocycles. The Bertz CT molecular complexity index is 868. The van der Waals surface area contributed by atoms with Crippen molar-refractivity contribution in [2.45, 2.75) is 20.1 Å². The third-order valence-corrected chi connectivity index (χ3v) is 3.86. The van der Waals surface area contributed by atoms with E-state index in [1.165, 1.54) is 24.3 Å². The standard InChI is InChI=1S/C18H18FN3O3/c1-12-13(10-21-22(12)2)9-20-18(23)17-8-7-16(25-17)11-24-15-5-3-14(19)4-6-15/h3-8,10H,9,11H2,1-2H3,(H,20,23). The minimum absolute atomic E-state index is 0.153. The van der Waals surface area contributed by atoms with Gasteiger partial charge in [-0.05, 0) is 43.3 Å². The molecule has 0 aliphatic heterocycles. The first-order chi connectivity index (χ1) is 12.0. The summed E-state index contributed by atoms with van der Waals surface area (Å²) in [5.41, 5.74) is 1.94. The van der Waals surface area contributed by atoms with Gasteiger partial charge in [-0.25, -0.2) is 4.39 Å². The Balaban J connectivity index is 1.54. The summed E-state index contributed by atoms with van der Waals surface area (Å²) in [7, 11) is 1.85. The maximum atomic E-state index is 12.8. The Morgan fingerprint density at radius 3 is 2.72 bits per heavy atom. The average molecular weight is 343 g/mol. The van der Waals surface area contributed by atoms with Gasteiger partial charge in [0.1, 0.15) is 23.9 Å². The van der Waals surface area contributed by atoms with E-state index >= 15 is 0 Å². The number of aromatic nitrogens is 2. The molecule has 7 heteroatoms. The monoisotopic (exact) mass is 343 g/mol. The SMILES string of the molecule is Cc1c(CNC(=O)c2ccc(COc3ccc(F)cc3)o2)cnn1C. The maximum absolute atomic E-state index is 12.8. The van der Waals surface area contributed by atoms with Gasteiger partial charge in [0.2, 0.25) is 0 Å². The van der Waals surface area contributed by atoms with E-state index in [2.05, 4.69) is 10.4 Å². The van der Waals surface area contributed by atoms with Crippen molar-refractivity contribution >= 4 is 5.91 Å². The van der Waals surface area contributed by atoms with Gasteiger partial charge in [-0.3, -0.25) is 9.48 Å². The first-order valence-corrected chi connectivity index (χ1v) is 7.75. The molecular formula is C18H18FN3O3. The van der Waals surface area contributed by atoms with Crippen LogP contribution in [0.2, 0.25) is 0 Å². The lowest BCUT2D eigenvalue weighted by atomic mass is 10.2. The highest BCUT2D eigenvalue weighted by Crippen LogP contribution is 2.15. The maximum Gasteiger partial charge on any atom is 0.287 e. The molecule has 3 rings (SSSR count). The number of nitrogens with zero attached hydrogens (tertiary/aromatic N) is 2. The van der Waals surface area contributed by atoms with Gasteiger partial charge in [0.25, 0.3) is 5.91 Å². The number of hydrogen-bond acceptors (Lipinski definition) is 4. The molecule has 6 nitrogen and oxygen atoms in total. The van der Waals surface area contributed by atoms with Crippen LogP contribution in [0.15, 0.2) is 47.0 Å². The smallest absolute Gasteiger partial charge is 0.287 e. The van der Waals surface area contributed by atoms with Crippen LogP contribution in [0, 0.1) is 12.7 Å². The zero-order valence-corrected chi connectivity index (χ0v) is 14.0. The summed E-state index contributed by atoms with van der Waals surface area (Å²) >= 11 is 0. The number of benzene rings is 1. The Morgan fingerprint density at radius 2 is 2.04 bits per heavy atom. The van der Waals surface area contributed by atoms with E-state index in [1.807, 2.05) is 14.0 Å². The predicted molar refractivity (Wildman–Crippen MR) is 88.6 cm³/mol. The molecule has 0 fully saturated rings. The molecule has 130 valence electrons. The van der Waals surface area contributed by atoms with Gasteiger partial charge in [-0.1, -0.05) is 0 Å². The third-order valence-electron chi connectivity index (χ3n) is 3.86. The molecule has 0 bridgehead atoms. The van der Waals surface area contributed by atoms with Crippen LogP contribution in [0.5, 0.6) is 5.75 Å². The number of aryl methyl sites for hydroxylation is 1. The van der Waals surface area contributed by atoms with Crippen LogP contribution in [-0.4, -0.2) is 15.7 Å². The molecule has 2 heterocycles. The summed E-state index contributed by atoms with van der Waals surface area (Å²) in [6.07, 6.45) is 1.72. The largest absolute Gasteiger partial charge is 0.486 e. The summed E-state index contributed by atoms with van der Waals surface area (Å²) in [6, 6.07) is 8.96. The van der Waals surface area contributed by atoms with Crippen molar-refractivity contribution in [1.29, 1.82) is 0 Å². The minimum atomic E-state index is -0.326. The highest BCUT2D eigenvalue weighted by atomic mass is 19.1. The number of rotatable bonds is 6. The summed E-state index contributed by atoms with van der Waals surface area (Å²) in [6.45, 7) is 2.47. The van der Waals surface area contributed by atoms with Crippen molar-refractivity contribution in [3.8, 4) is 5.75 Å². The van der Waals surface area contributed by atoms with E-state index < -0.39 is 0 Å². The number of hydrogen-bond donors (Lipinski definition) is 1. The second-order valence-electron chi connectivity index (χ2n) is 5.57. The van der Waals surface area contributed by atoms with E-state index in [0.717, 1.165) is 11.3 Å². The highest BCUT2D eigenvalue weighted by Gasteiger charge is 2.12. The highest BCUT2D eigenvalue weighted by molar-refractivity contribution is 5.91. The van der Waals surface area contributed by atoms with Crippen molar-refractivity contribution < 1.29 is 18.3 Å². The van der Waals surface area contributed by atoms with Crippen molar-refractivity contribution in [2.75, 3.05) is 0 Å². The molecule has 1 amide bonds. The summed E-state index contributed by atoms with van der Waals surface area (Å²) in [5.74, 6) is 0.603. The average Bonchev–Trinajstić information content (AvgIpc) is 3.21. The zero-order valence-electron chi connectivity index (χ0n) is 14.0. The fraction of sp³-hybridized carbons (Fsp3) is 0.222. The lowest BCUT2D eigenvalue weighted by Crippen LogP contribution is -2.22. The predicted octanol–water partition coefficient (Wildman–Crippen LogP) is 2.97. The minimum Gasteiger partial charge on any atom is -0.486 e. The number of nitrogens with one attached hydrogen (secondary N) is 1. The molecule has 25 heavy (non-hydrogen) atoms. The molecule has 3 aromatic rings. The second-order valence-corrected chi connectivity index (χ2v) is 5.57. The second kappa shape index (κ2) is 7.21. The van der Waals surface area contributed by atoms with E-state index in [9.17, 15) is 9.18 Å². The molecule has 0 aliphatic carbocycles. The third kappa shape index (κ3) is 4.06. The molecule has 0 saturated heterocycles. The number of carbonyl (C=O) groups excluding carboxylic acids is 1. The first-order valence-electron chi connectivity index (χ1n) is 7.75. The van der Waals surface area contributed by atoms with Crippen LogP contribution in [0.3, 0.4) is 0 Å². The van der Waals surface area contributed by atoms with Crippen LogP contribution in [-0.2, 0) is 20.2 Å². The van der Waals surface area contributed by atoms with Crippen molar-refractivity contribution in [2.24, 2.45) is 7.05 Å². The number of carbonyl (C=O) groups is 1. The van der Waals surface area contributed by atoms with E-state index in [1.54, 1.807) is 23.0 Å². The van der Waals surface area contributed by atoms with Crippen molar-refractivity contribution in [3.63, 3.8) is 0 Å². The van der Waals surface area contributed by atoms with Crippen LogP contribution in [0.25, 0.3) is 0 Å². The molecule has 0 spiro atoms. The summed E-state index contributed by atoms with van der Waals surface area (Å²) < 4.78 is 25.6. The van der Waals surface area contributed by atoms with E-state index in [0.29, 0.717) is 18.1 Å². The quantitative estimate of drug-likeness (QED) is 0.747. The number of furan rings is 1. The van der Waals surface area contributed by atoms with Crippen LogP contribution in [0.1, 0.15) is 27.6 Å². The van der Waals surface area contributed by atoms with Crippen LogP contribution < -0.4 is 10.1 Å². The normalized spacial score (nSPS) is 10.7. The summed E-state index contributed by atoms with van der Waals surface area (Å²) in [4.78, 5) is 12.1. The van der Waals surface area contributed by atoms with E-state index in [-0.39, 0.29) is 24.1 Å². The molecule has 0 aliphatic rings. The van der Waals surface area contributed by atoms with E-state index in [4.69, 9.17) is 9.15 Å². The Hall–Kier alpha value is -3.09. The van der Waals surface area contributed by atoms with Crippen LogP contribution in [0.4, 0.5) is 4.39 Å². The fourth-order valence-corrected chi connectivity index (χ4v) is 2.24. The molecule has 0 radical (unpaired) electrons. The molecule has 1 N–H and O–H groups in total. The Labute approximate surface area is 144 Å². The van der Waals surface area contributed by atoms with Gasteiger partial charge in [0.15, 0.2) is 5.76 Å². The molecule has 0 unspecified atom stereocenters. The molecular weight excluding hydrogens is 325 g/mol. The fourth-order valence-electron chi connectivity index (χ4n) is 2.24. The molecule has 1 aromatic carbocycles. The number of ether oxygens (including phenoxy) is 1. The molecule has 0 saturated carbocycles. The van der Waals surface area contributed by atoms with Crippen LogP contribution >= 0.6 is 0 Å². The van der Waals surface area contributed by atoms with Gasteiger partial charge in [-0.2, -0.15) is 5.10 Å².